The standard InChI is InChI=1S/C16H17ClN2O/c1-10-9-13(5-8-15(10)18)16(20)19-11(2)12-3-6-14(17)7-4-12/h3-9,11H,18H2,1-2H3,(H,19,20)/t11-/m0/s1. The van der Waals surface area contributed by atoms with Gasteiger partial charge in [0.05, 0.1) is 6.04 Å². The Labute approximate surface area is 123 Å². The van der Waals surface area contributed by atoms with Crippen LogP contribution >= 0.6 is 11.6 Å². The van der Waals surface area contributed by atoms with Gasteiger partial charge in [0, 0.05) is 16.3 Å². The van der Waals surface area contributed by atoms with Crippen LogP contribution in [0.25, 0.3) is 0 Å². The van der Waals surface area contributed by atoms with Gasteiger partial charge in [-0.3, -0.25) is 4.79 Å². The molecule has 2 aromatic carbocycles. The van der Waals surface area contributed by atoms with E-state index in [4.69, 9.17) is 17.3 Å². The van der Waals surface area contributed by atoms with Crippen molar-refractivity contribution in [2.45, 2.75) is 19.9 Å². The predicted octanol–water partition coefficient (Wildman–Crippen LogP) is 3.72. The highest BCUT2D eigenvalue weighted by molar-refractivity contribution is 6.30. The summed E-state index contributed by atoms with van der Waals surface area (Å²) < 4.78 is 0. The smallest absolute Gasteiger partial charge is 0.251 e. The lowest BCUT2D eigenvalue weighted by molar-refractivity contribution is 0.0940. The third-order valence-corrected chi connectivity index (χ3v) is 3.50. The van der Waals surface area contributed by atoms with Crippen LogP contribution in [-0.2, 0) is 0 Å². The molecule has 104 valence electrons. The van der Waals surface area contributed by atoms with E-state index in [1.807, 2.05) is 38.1 Å². The Morgan fingerprint density at radius 1 is 1.20 bits per heavy atom. The highest BCUT2D eigenvalue weighted by atomic mass is 35.5. The van der Waals surface area contributed by atoms with E-state index in [-0.39, 0.29) is 11.9 Å². The molecule has 0 aliphatic carbocycles. The summed E-state index contributed by atoms with van der Waals surface area (Å²) in [5.41, 5.74) is 8.96. The number of anilines is 1. The molecule has 0 fully saturated rings. The molecule has 0 bridgehead atoms. The first-order valence-electron chi connectivity index (χ1n) is 6.40. The summed E-state index contributed by atoms with van der Waals surface area (Å²) >= 11 is 5.85. The van der Waals surface area contributed by atoms with Crippen molar-refractivity contribution >= 4 is 23.2 Å². The summed E-state index contributed by atoms with van der Waals surface area (Å²) in [7, 11) is 0. The summed E-state index contributed by atoms with van der Waals surface area (Å²) in [4.78, 5) is 12.2. The van der Waals surface area contributed by atoms with E-state index < -0.39 is 0 Å². The molecule has 2 aromatic rings. The maximum atomic E-state index is 12.2. The van der Waals surface area contributed by atoms with Gasteiger partial charge >= 0.3 is 0 Å². The number of nitrogen functional groups attached to an aromatic ring is 1. The van der Waals surface area contributed by atoms with Gasteiger partial charge in [0.1, 0.15) is 0 Å². The van der Waals surface area contributed by atoms with Crippen LogP contribution in [0, 0.1) is 6.92 Å². The van der Waals surface area contributed by atoms with Crippen LogP contribution in [0.2, 0.25) is 5.02 Å². The van der Waals surface area contributed by atoms with Crippen molar-refractivity contribution in [2.75, 3.05) is 5.73 Å². The Balaban J connectivity index is 2.10. The van der Waals surface area contributed by atoms with E-state index in [1.165, 1.54) is 0 Å². The number of benzene rings is 2. The monoisotopic (exact) mass is 288 g/mol. The lowest BCUT2D eigenvalue weighted by atomic mass is 10.1. The Morgan fingerprint density at radius 2 is 1.85 bits per heavy atom. The van der Waals surface area contributed by atoms with Crippen LogP contribution in [0.3, 0.4) is 0 Å². The first kappa shape index (κ1) is 14.4. The van der Waals surface area contributed by atoms with E-state index in [0.717, 1.165) is 11.1 Å². The van der Waals surface area contributed by atoms with Crippen LogP contribution in [0.1, 0.15) is 34.5 Å². The van der Waals surface area contributed by atoms with E-state index in [9.17, 15) is 4.79 Å². The molecule has 3 N–H and O–H groups in total. The Kier molecular flexibility index (Phi) is 4.30. The fourth-order valence-electron chi connectivity index (χ4n) is 1.93. The Hall–Kier alpha value is -2.00. The van der Waals surface area contributed by atoms with Gasteiger partial charge in [0.15, 0.2) is 0 Å². The van der Waals surface area contributed by atoms with Gasteiger partial charge in [0.25, 0.3) is 5.91 Å². The topological polar surface area (TPSA) is 55.1 Å². The van der Waals surface area contributed by atoms with E-state index in [0.29, 0.717) is 16.3 Å². The number of rotatable bonds is 3. The molecule has 20 heavy (non-hydrogen) atoms. The summed E-state index contributed by atoms with van der Waals surface area (Å²) in [6, 6.07) is 12.6. The van der Waals surface area contributed by atoms with Gasteiger partial charge in [0.2, 0.25) is 0 Å². The molecule has 1 amide bonds. The quantitative estimate of drug-likeness (QED) is 0.846. The molecule has 0 aliphatic rings. The molecule has 3 nitrogen and oxygen atoms in total. The second-order valence-electron chi connectivity index (χ2n) is 4.82. The lowest BCUT2D eigenvalue weighted by Crippen LogP contribution is -2.26. The largest absolute Gasteiger partial charge is 0.399 e. The summed E-state index contributed by atoms with van der Waals surface area (Å²) in [6.07, 6.45) is 0. The van der Waals surface area contributed by atoms with E-state index in [1.54, 1.807) is 18.2 Å². The molecule has 0 unspecified atom stereocenters. The molecule has 4 heteroatoms. The average molecular weight is 289 g/mol. The molecule has 1 atom stereocenters. The van der Waals surface area contributed by atoms with Gasteiger partial charge in [-0.15, -0.1) is 0 Å². The van der Waals surface area contributed by atoms with Gasteiger partial charge < -0.3 is 11.1 Å². The van der Waals surface area contributed by atoms with Crippen molar-refractivity contribution in [3.63, 3.8) is 0 Å². The van der Waals surface area contributed by atoms with Gasteiger partial charge in [-0.1, -0.05) is 23.7 Å². The first-order valence-corrected chi connectivity index (χ1v) is 6.77. The summed E-state index contributed by atoms with van der Waals surface area (Å²) in [5, 5.41) is 3.64. The highest BCUT2D eigenvalue weighted by Gasteiger charge is 2.12. The molecule has 0 aromatic heterocycles. The minimum Gasteiger partial charge on any atom is -0.399 e. The maximum Gasteiger partial charge on any atom is 0.251 e. The number of aryl methyl sites for hydroxylation is 1. The second kappa shape index (κ2) is 5.97. The highest BCUT2D eigenvalue weighted by Crippen LogP contribution is 2.17. The number of hydrogen-bond donors (Lipinski definition) is 2. The predicted molar refractivity (Wildman–Crippen MR) is 82.9 cm³/mol. The number of carbonyl (C=O) groups is 1. The minimum absolute atomic E-state index is 0.0855. The molecule has 0 spiro atoms. The third-order valence-electron chi connectivity index (χ3n) is 3.25. The maximum absolute atomic E-state index is 12.2. The normalized spacial score (nSPS) is 11.9. The first-order chi connectivity index (χ1) is 9.47. The van der Waals surface area contributed by atoms with Gasteiger partial charge in [-0.25, -0.2) is 0 Å². The zero-order valence-corrected chi connectivity index (χ0v) is 12.2. The van der Waals surface area contributed by atoms with Crippen molar-refractivity contribution in [1.29, 1.82) is 0 Å². The number of nitrogens with two attached hydrogens (primary N) is 1. The van der Waals surface area contributed by atoms with Crippen LogP contribution in [0.5, 0.6) is 0 Å². The number of halogens is 1. The van der Waals surface area contributed by atoms with Crippen molar-refractivity contribution in [1.82, 2.24) is 5.32 Å². The number of nitrogens with one attached hydrogen (secondary N) is 1. The summed E-state index contributed by atoms with van der Waals surface area (Å²) in [5.74, 6) is -0.115. The van der Waals surface area contributed by atoms with Crippen molar-refractivity contribution < 1.29 is 4.79 Å². The SMILES string of the molecule is Cc1cc(C(=O)N[C@@H](C)c2ccc(Cl)cc2)ccc1N. The molecule has 2 rings (SSSR count). The molecule has 0 saturated carbocycles. The average Bonchev–Trinajstić information content (AvgIpc) is 2.42. The van der Waals surface area contributed by atoms with Crippen LogP contribution in [-0.4, -0.2) is 5.91 Å². The van der Waals surface area contributed by atoms with E-state index >= 15 is 0 Å². The molecule has 0 radical (unpaired) electrons. The number of amides is 1. The zero-order valence-electron chi connectivity index (χ0n) is 11.5. The fraction of sp³-hybridized carbons (Fsp3) is 0.188. The van der Waals surface area contributed by atoms with E-state index in [2.05, 4.69) is 5.32 Å². The van der Waals surface area contributed by atoms with Gasteiger partial charge in [-0.05, 0) is 55.3 Å². The lowest BCUT2D eigenvalue weighted by Gasteiger charge is -2.15. The molecular weight excluding hydrogens is 272 g/mol. The van der Waals surface area contributed by atoms with Crippen LogP contribution in [0.15, 0.2) is 42.5 Å². The minimum atomic E-state index is -0.115. The third kappa shape index (κ3) is 3.31. The molecule has 0 heterocycles. The Bertz CT molecular complexity index is 623. The second-order valence-corrected chi connectivity index (χ2v) is 5.25. The van der Waals surface area contributed by atoms with Crippen LogP contribution in [0.4, 0.5) is 5.69 Å². The molecule has 0 aliphatic heterocycles. The molecular formula is C16H17ClN2O. The van der Waals surface area contributed by atoms with Crippen LogP contribution < -0.4 is 11.1 Å². The summed E-state index contributed by atoms with van der Waals surface area (Å²) in [6.45, 7) is 3.82. The van der Waals surface area contributed by atoms with Crippen molar-refractivity contribution in [2.24, 2.45) is 0 Å². The molecule has 0 saturated heterocycles. The number of carbonyl (C=O) groups excluding carboxylic acids is 1. The van der Waals surface area contributed by atoms with Crippen molar-refractivity contribution in [3.05, 3.63) is 64.2 Å². The zero-order chi connectivity index (χ0) is 14.7. The van der Waals surface area contributed by atoms with Crippen molar-refractivity contribution in [3.8, 4) is 0 Å². The number of hydrogen-bond acceptors (Lipinski definition) is 2. The Morgan fingerprint density at radius 3 is 2.45 bits per heavy atom. The fourth-order valence-corrected chi connectivity index (χ4v) is 2.06. The van der Waals surface area contributed by atoms with Gasteiger partial charge in [-0.2, -0.15) is 0 Å².